The van der Waals surface area contributed by atoms with Crippen LogP contribution in [-0.2, 0) is 29.2 Å². The van der Waals surface area contributed by atoms with Crippen molar-refractivity contribution in [1.82, 2.24) is 0 Å². The maximum Gasteiger partial charge on any atom is 1.00 e. The van der Waals surface area contributed by atoms with Crippen molar-refractivity contribution in [2.45, 2.75) is 104 Å². The maximum absolute atomic E-state index is 12.4. The van der Waals surface area contributed by atoms with Crippen molar-refractivity contribution in [3.8, 4) is 0 Å². The normalized spacial score (nSPS) is 16.7. The van der Waals surface area contributed by atoms with Gasteiger partial charge in [0.15, 0.2) is 5.25 Å². The molecule has 0 radical (unpaired) electrons. The number of hydrogen-bond acceptors (Lipinski definition) is 7. The van der Waals surface area contributed by atoms with Gasteiger partial charge in [-0.05, 0) is 37.5 Å². The van der Waals surface area contributed by atoms with Gasteiger partial charge in [0.05, 0.1) is 6.42 Å². The number of esters is 2. The van der Waals surface area contributed by atoms with Crippen molar-refractivity contribution in [3.05, 3.63) is 0 Å². The minimum Gasteiger partial charge on any atom is -0.747 e. The standard InChI is InChI=1S/C20H38O7S.Na/c1-7-11-14(5)16(9-3)26-19(21)13-18(28(23,24)25)20(22)27-17(10-4)15(6)12-8-2;/h14-18H,7-13H2,1-6H3,(H,23,24,25);/q;+1/p-1. The van der Waals surface area contributed by atoms with Gasteiger partial charge in [0, 0.05) is 0 Å². The monoisotopic (exact) mass is 444 g/mol. The van der Waals surface area contributed by atoms with E-state index in [1.165, 1.54) is 0 Å². The molecule has 0 aromatic carbocycles. The Bertz CT molecular complexity index is 579. The molecule has 166 valence electrons. The van der Waals surface area contributed by atoms with Crippen molar-refractivity contribution in [3.63, 3.8) is 0 Å². The molecule has 0 aromatic heterocycles. The quantitative estimate of drug-likeness (QED) is 0.221. The van der Waals surface area contributed by atoms with E-state index in [0.717, 1.165) is 25.7 Å². The van der Waals surface area contributed by atoms with Crippen LogP contribution in [0, 0.1) is 11.8 Å². The van der Waals surface area contributed by atoms with E-state index in [1.807, 2.05) is 41.5 Å². The molecule has 7 nitrogen and oxygen atoms in total. The third-order valence-corrected chi connectivity index (χ3v) is 6.13. The van der Waals surface area contributed by atoms with Gasteiger partial charge in [-0.1, -0.05) is 54.4 Å². The van der Waals surface area contributed by atoms with Crippen molar-refractivity contribution in [1.29, 1.82) is 0 Å². The maximum atomic E-state index is 12.4. The Labute approximate surface area is 198 Å². The van der Waals surface area contributed by atoms with E-state index in [-0.39, 0.29) is 47.5 Å². The third-order valence-electron chi connectivity index (χ3n) is 5.08. The van der Waals surface area contributed by atoms with Gasteiger partial charge in [-0.3, -0.25) is 9.59 Å². The molecule has 0 rings (SSSR count). The third kappa shape index (κ3) is 11.7. The Hall–Kier alpha value is -0.150. The average Bonchev–Trinajstić information content (AvgIpc) is 2.61. The van der Waals surface area contributed by atoms with Crippen molar-refractivity contribution in [2.24, 2.45) is 11.8 Å². The summed E-state index contributed by atoms with van der Waals surface area (Å²) in [5.41, 5.74) is 0. The first kappa shape index (κ1) is 31.0. The van der Waals surface area contributed by atoms with Crippen LogP contribution in [0.1, 0.15) is 86.5 Å². The summed E-state index contributed by atoms with van der Waals surface area (Å²) < 4.78 is 45.5. The summed E-state index contributed by atoms with van der Waals surface area (Å²) in [5, 5.41) is -2.08. The van der Waals surface area contributed by atoms with Crippen LogP contribution in [0.3, 0.4) is 0 Å². The number of carbonyl (C=O) groups excluding carboxylic acids is 2. The Morgan fingerprint density at radius 2 is 1.28 bits per heavy atom. The molecular formula is C20H37NaO7S. The summed E-state index contributed by atoms with van der Waals surface area (Å²) in [6.45, 7) is 11.5. The number of hydrogen-bond donors (Lipinski definition) is 0. The molecular weight excluding hydrogens is 407 g/mol. The van der Waals surface area contributed by atoms with Crippen LogP contribution in [-0.4, -0.2) is 42.4 Å². The van der Waals surface area contributed by atoms with Gasteiger partial charge in [0.2, 0.25) is 0 Å². The molecule has 0 heterocycles. The molecule has 0 aliphatic heterocycles. The van der Waals surface area contributed by atoms with Crippen LogP contribution in [0.15, 0.2) is 0 Å². The van der Waals surface area contributed by atoms with E-state index in [2.05, 4.69) is 0 Å². The first-order valence-electron chi connectivity index (χ1n) is 10.4. The van der Waals surface area contributed by atoms with Crippen LogP contribution < -0.4 is 29.6 Å². The SMILES string of the molecule is CCCC(C)C(CC)OC(=O)CC(C(=O)OC(CC)C(C)CCC)S(=O)(=O)[O-].[Na+]. The summed E-state index contributed by atoms with van der Waals surface area (Å²) in [6, 6.07) is 0. The number of carbonyl (C=O) groups is 2. The number of rotatable bonds is 14. The van der Waals surface area contributed by atoms with Crippen LogP contribution in [0.2, 0.25) is 0 Å². The summed E-state index contributed by atoms with van der Waals surface area (Å²) >= 11 is 0. The van der Waals surface area contributed by atoms with Gasteiger partial charge >= 0.3 is 41.5 Å². The summed E-state index contributed by atoms with van der Waals surface area (Å²) in [6.07, 6.45) is 2.83. The molecule has 5 unspecified atom stereocenters. The van der Waals surface area contributed by atoms with Gasteiger partial charge < -0.3 is 14.0 Å². The van der Waals surface area contributed by atoms with Crippen LogP contribution in [0.5, 0.6) is 0 Å². The van der Waals surface area contributed by atoms with Gasteiger partial charge in [-0.2, -0.15) is 0 Å². The van der Waals surface area contributed by atoms with E-state index in [4.69, 9.17) is 9.47 Å². The van der Waals surface area contributed by atoms with E-state index in [0.29, 0.717) is 12.8 Å². The Kier molecular flexibility index (Phi) is 16.7. The van der Waals surface area contributed by atoms with Crippen molar-refractivity contribution in [2.75, 3.05) is 0 Å². The predicted molar refractivity (Wildman–Crippen MR) is 107 cm³/mol. The predicted octanol–water partition coefficient (Wildman–Crippen LogP) is 0.810. The fourth-order valence-electron chi connectivity index (χ4n) is 3.38. The zero-order chi connectivity index (χ0) is 21.9. The van der Waals surface area contributed by atoms with Gasteiger partial charge in [-0.25, -0.2) is 8.42 Å². The fraction of sp³-hybridized carbons (Fsp3) is 0.900. The fourth-order valence-corrected chi connectivity index (χ4v) is 4.01. The molecule has 0 N–H and O–H groups in total. The minimum atomic E-state index is -5.05. The molecule has 0 fully saturated rings. The minimum absolute atomic E-state index is 0. The molecule has 29 heavy (non-hydrogen) atoms. The second-order valence-corrected chi connectivity index (χ2v) is 9.09. The van der Waals surface area contributed by atoms with Crippen LogP contribution in [0.4, 0.5) is 0 Å². The van der Waals surface area contributed by atoms with Crippen molar-refractivity contribution >= 4 is 22.1 Å². The molecule has 0 saturated heterocycles. The Balaban J connectivity index is 0. The summed E-state index contributed by atoms with van der Waals surface area (Å²) in [5.74, 6) is -1.91. The van der Waals surface area contributed by atoms with Gasteiger partial charge in [0.25, 0.3) is 0 Å². The van der Waals surface area contributed by atoms with Crippen molar-refractivity contribution < 1.29 is 61.6 Å². The molecule has 0 saturated carbocycles. The molecule has 0 aliphatic rings. The molecule has 0 aliphatic carbocycles. The summed E-state index contributed by atoms with van der Waals surface area (Å²) in [7, 11) is -5.05. The smallest absolute Gasteiger partial charge is 0.747 e. The molecule has 9 heteroatoms. The van der Waals surface area contributed by atoms with Crippen LogP contribution >= 0.6 is 0 Å². The van der Waals surface area contributed by atoms with E-state index >= 15 is 0 Å². The van der Waals surface area contributed by atoms with Gasteiger partial charge in [0.1, 0.15) is 22.3 Å². The molecule has 0 aromatic rings. The van der Waals surface area contributed by atoms with E-state index in [9.17, 15) is 22.6 Å². The first-order valence-corrected chi connectivity index (χ1v) is 11.8. The largest absolute Gasteiger partial charge is 1.00 e. The average molecular weight is 445 g/mol. The molecule has 0 spiro atoms. The molecule has 0 amide bonds. The second-order valence-electron chi connectivity index (χ2n) is 7.54. The zero-order valence-corrected chi connectivity index (χ0v) is 21.9. The first-order chi connectivity index (χ1) is 13.0. The molecule has 0 bridgehead atoms. The zero-order valence-electron chi connectivity index (χ0n) is 19.1. The van der Waals surface area contributed by atoms with Crippen LogP contribution in [0.25, 0.3) is 0 Å². The van der Waals surface area contributed by atoms with E-state index in [1.54, 1.807) is 0 Å². The topological polar surface area (TPSA) is 110 Å². The summed E-state index contributed by atoms with van der Waals surface area (Å²) in [4.78, 5) is 24.6. The number of ether oxygens (including phenoxy) is 2. The Morgan fingerprint density at radius 3 is 1.62 bits per heavy atom. The Morgan fingerprint density at radius 1 is 0.862 bits per heavy atom. The van der Waals surface area contributed by atoms with Gasteiger partial charge in [-0.15, -0.1) is 0 Å². The second kappa shape index (κ2) is 15.6. The van der Waals surface area contributed by atoms with E-state index < -0.39 is 39.8 Å². The molecule has 5 atom stereocenters.